The van der Waals surface area contributed by atoms with Gasteiger partial charge in [-0.25, -0.2) is 4.79 Å². The Morgan fingerprint density at radius 3 is 2.20 bits per heavy atom. The average Bonchev–Trinajstić information content (AvgIpc) is 3.08. The third-order valence-electron chi connectivity index (χ3n) is 8.01. The first-order valence-corrected chi connectivity index (χ1v) is 15.7. The Labute approximate surface area is 265 Å². The number of carbonyl (C=O) groups is 2. The van der Waals surface area contributed by atoms with Crippen LogP contribution in [0.4, 0.5) is 27.5 Å². The number of amides is 3. The fourth-order valence-corrected chi connectivity index (χ4v) is 5.67. The Kier molecular flexibility index (Phi) is 11.4. The fraction of sp³-hybridized carbons (Fsp3) is 0.412. The van der Waals surface area contributed by atoms with Gasteiger partial charge >= 0.3 is 6.03 Å². The molecule has 2 saturated heterocycles. The van der Waals surface area contributed by atoms with Crippen molar-refractivity contribution in [2.24, 2.45) is 0 Å². The lowest BCUT2D eigenvalue weighted by molar-refractivity contribution is 0.0374. The summed E-state index contributed by atoms with van der Waals surface area (Å²) >= 11 is 0. The Balaban J connectivity index is 1.26. The van der Waals surface area contributed by atoms with Gasteiger partial charge in [0.25, 0.3) is 5.91 Å². The number of para-hydroxylation sites is 2. The third kappa shape index (κ3) is 8.80. The number of benzene rings is 3. The minimum absolute atomic E-state index is 0.158. The van der Waals surface area contributed by atoms with E-state index >= 15 is 0 Å². The van der Waals surface area contributed by atoms with Crippen LogP contribution in [0.25, 0.3) is 0 Å². The molecule has 3 aromatic carbocycles. The molecule has 11 heteroatoms. The zero-order valence-electron chi connectivity index (χ0n) is 26.2. The van der Waals surface area contributed by atoms with E-state index in [-0.39, 0.29) is 5.91 Å². The van der Waals surface area contributed by atoms with Gasteiger partial charge in [0.2, 0.25) is 0 Å². The van der Waals surface area contributed by atoms with Gasteiger partial charge in [-0.1, -0.05) is 12.1 Å². The van der Waals surface area contributed by atoms with E-state index in [1.165, 1.54) is 0 Å². The van der Waals surface area contributed by atoms with E-state index in [2.05, 4.69) is 36.7 Å². The lowest BCUT2D eigenvalue weighted by atomic mass is 10.1. The molecule has 0 unspecified atom stereocenters. The zero-order valence-corrected chi connectivity index (χ0v) is 26.2. The number of piperazine rings is 1. The summed E-state index contributed by atoms with van der Waals surface area (Å²) in [5, 5.41) is 8.84. The summed E-state index contributed by atoms with van der Waals surface area (Å²) in [7, 11) is 1.69. The van der Waals surface area contributed by atoms with E-state index < -0.39 is 6.03 Å². The van der Waals surface area contributed by atoms with Gasteiger partial charge in [0.1, 0.15) is 11.5 Å². The molecule has 2 aliphatic heterocycles. The molecule has 3 amide bonds. The number of nitrogens with one attached hydrogen (secondary N) is 3. The van der Waals surface area contributed by atoms with Crippen LogP contribution in [-0.4, -0.2) is 96.1 Å². The van der Waals surface area contributed by atoms with Crippen LogP contribution in [0.5, 0.6) is 11.5 Å². The van der Waals surface area contributed by atoms with Crippen molar-refractivity contribution in [2.75, 3.05) is 99.7 Å². The highest BCUT2D eigenvalue weighted by Gasteiger charge is 2.24. The quantitative estimate of drug-likeness (QED) is 0.255. The van der Waals surface area contributed by atoms with Crippen molar-refractivity contribution in [1.29, 1.82) is 0 Å². The minimum atomic E-state index is -0.394. The Morgan fingerprint density at radius 2 is 1.49 bits per heavy atom. The molecule has 0 saturated carbocycles. The predicted molar refractivity (Wildman–Crippen MR) is 178 cm³/mol. The number of carbonyl (C=O) groups excluding carboxylic acids is 2. The van der Waals surface area contributed by atoms with Gasteiger partial charge in [0.15, 0.2) is 0 Å². The summed E-state index contributed by atoms with van der Waals surface area (Å²) in [6.45, 7) is 10.4. The van der Waals surface area contributed by atoms with Crippen molar-refractivity contribution in [3.8, 4) is 11.5 Å². The Morgan fingerprint density at radius 1 is 0.822 bits per heavy atom. The summed E-state index contributed by atoms with van der Waals surface area (Å²) < 4.78 is 16.5. The Hall–Kier alpha value is -4.48. The first-order valence-electron chi connectivity index (χ1n) is 15.7. The fourth-order valence-electron chi connectivity index (χ4n) is 5.67. The first kappa shape index (κ1) is 31.9. The van der Waals surface area contributed by atoms with Crippen LogP contribution in [0.2, 0.25) is 0 Å². The highest BCUT2D eigenvalue weighted by Crippen LogP contribution is 2.31. The summed E-state index contributed by atoms with van der Waals surface area (Å²) in [6, 6.07) is 20.4. The second-order valence-corrected chi connectivity index (χ2v) is 11.0. The third-order valence-corrected chi connectivity index (χ3v) is 8.01. The topological polar surface area (TPSA) is 108 Å². The van der Waals surface area contributed by atoms with Crippen LogP contribution < -0.4 is 35.2 Å². The molecular formula is C34H44N6O5. The number of hydrogen-bond acceptors (Lipinski definition) is 8. The molecule has 0 atom stereocenters. The monoisotopic (exact) mass is 616 g/mol. The molecule has 240 valence electrons. The molecule has 2 fully saturated rings. The number of methoxy groups -OCH3 is 1. The minimum Gasteiger partial charge on any atom is -0.495 e. The lowest BCUT2D eigenvalue weighted by Gasteiger charge is -2.38. The molecule has 2 aliphatic rings. The molecule has 0 aromatic heterocycles. The summed E-state index contributed by atoms with van der Waals surface area (Å²) in [5.74, 6) is 1.43. The van der Waals surface area contributed by atoms with Crippen LogP contribution in [0.3, 0.4) is 0 Å². The van der Waals surface area contributed by atoms with Gasteiger partial charge in [0.05, 0.1) is 38.2 Å². The van der Waals surface area contributed by atoms with Crippen molar-refractivity contribution in [3.63, 3.8) is 0 Å². The number of rotatable bonds is 12. The smallest absolute Gasteiger partial charge is 0.323 e. The maximum atomic E-state index is 13.6. The normalized spacial score (nSPS) is 15.3. The number of anilines is 4. The predicted octanol–water partition coefficient (Wildman–Crippen LogP) is 4.52. The van der Waals surface area contributed by atoms with Crippen LogP contribution in [0.1, 0.15) is 23.7 Å². The van der Waals surface area contributed by atoms with Gasteiger partial charge in [0, 0.05) is 62.9 Å². The molecule has 0 spiro atoms. The molecule has 45 heavy (non-hydrogen) atoms. The molecule has 0 bridgehead atoms. The highest BCUT2D eigenvalue weighted by molar-refractivity contribution is 6.04. The van der Waals surface area contributed by atoms with Gasteiger partial charge in [-0.05, 0) is 74.5 Å². The van der Waals surface area contributed by atoms with Crippen molar-refractivity contribution in [1.82, 2.24) is 10.2 Å². The van der Waals surface area contributed by atoms with Crippen LogP contribution in [-0.2, 0) is 4.74 Å². The maximum absolute atomic E-state index is 13.6. The number of ether oxygens (including phenoxy) is 3. The van der Waals surface area contributed by atoms with E-state index in [1.807, 2.05) is 49.4 Å². The molecule has 0 radical (unpaired) electrons. The number of hydrogen-bond donors (Lipinski definition) is 3. The molecule has 3 N–H and O–H groups in total. The summed E-state index contributed by atoms with van der Waals surface area (Å²) in [4.78, 5) is 33.4. The van der Waals surface area contributed by atoms with Gasteiger partial charge in [-0.15, -0.1) is 0 Å². The zero-order chi connectivity index (χ0) is 31.4. The van der Waals surface area contributed by atoms with Gasteiger partial charge in [-0.2, -0.15) is 0 Å². The van der Waals surface area contributed by atoms with Crippen molar-refractivity contribution in [3.05, 3.63) is 72.3 Å². The van der Waals surface area contributed by atoms with Crippen molar-refractivity contribution >= 4 is 34.7 Å². The van der Waals surface area contributed by atoms with E-state index in [0.29, 0.717) is 30.1 Å². The lowest BCUT2D eigenvalue weighted by Crippen LogP contribution is -2.47. The van der Waals surface area contributed by atoms with E-state index in [4.69, 9.17) is 14.2 Å². The second-order valence-electron chi connectivity index (χ2n) is 11.0. The molecule has 0 aliphatic carbocycles. The van der Waals surface area contributed by atoms with Crippen LogP contribution in [0, 0.1) is 0 Å². The van der Waals surface area contributed by atoms with Crippen LogP contribution >= 0.6 is 0 Å². The molecular weight excluding hydrogens is 572 g/mol. The summed E-state index contributed by atoms with van der Waals surface area (Å²) in [5.41, 5.74) is 3.62. The maximum Gasteiger partial charge on any atom is 0.323 e. The SMILES string of the molecule is CCOc1ccc(NC(=O)Nc2ccc(N3CCN(c4ccccc4OC)CC3)c(C(=O)NCCCN3CCOCC3)c2)cc1. The van der Waals surface area contributed by atoms with E-state index in [1.54, 1.807) is 25.3 Å². The van der Waals surface area contributed by atoms with E-state index in [9.17, 15) is 9.59 Å². The first-order chi connectivity index (χ1) is 22.0. The molecule has 5 rings (SSSR count). The number of nitrogens with zero attached hydrogens (tertiary/aromatic N) is 3. The second kappa shape index (κ2) is 16.0. The van der Waals surface area contributed by atoms with E-state index in [0.717, 1.165) is 88.3 Å². The number of urea groups is 1. The van der Waals surface area contributed by atoms with Gasteiger partial charge < -0.3 is 40.0 Å². The highest BCUT2D eigenvalue weighted by atomic mass is 16.5. The standard InChI is InChI=1S/C34H44N6O5/c1-3-45-28-12-9-26(10-13-28)36-34(42)37-27-11-14-30(29(25-27)33(41)35-15-6-16-38-21-23-44-24-22-38)39-17-19-40(20-18-39)31-7-4-5-8-32(31)43-2/h4-5,7-14,25H,3,6,15-24H2,1-2H3,(H,35,41)(H2,36,37,42). The number of morpholine rings is 1. The molecule has 11 nitrogen and oxygen atoms in total. The van der Waals surface area contributed by atoms with Gasteiger partial charge in [-0.3, -0.25) is 9.69 Å². The largest absolute Gasteiger partial charge is 0.495 e. The summed E-state index contributed by atoms with van der Waals surface area (Å²) in [6.07, 6.45) is 0.848. The van der Waals surface area contributed by atoms with Crippen LogP contribution in [0.15, 0.2) is 66.7 Å². The Bertz CT molecular complexity index is 1400. The van der Waals surface area contributed by atoms with Crippen molar-refractivity contribution < 1.29 is 23.8 Å². The average molecular weight is 617 g/mol. The molecule has 2 heterocycles. The molecule has 3 aromatic rings. The van der Waals surface area contributed by atoms with Crippen molar-refractivity contribution in [2.45, 2.75) is 13.3 Å².